The van der Waals surface area contributed by atoms with Crippen molar-refractivity contribution >= 4 is 35.1 Å². The van der Waals surface area contributed by atoms with Crippen LogP contribution in [-0.2, 0) is 28.6 Å². The maximum absolute atomic E-state index is 12.2. The fourth-order valence-corrected chi connectivity index (χ4v) is 2.41. The highest BCUT2D eigenvalue weighted by atomic mass is 35.5. The highest BCUT2D eigenvalue weighted by Crippen LogP contribution is 2.20. The van der Waals surface area contributed by atoms with Gasteiger partial charge in [0.2, 0.25) is 11.7 Å². The smallest absolute Gasteiger partial charge is 0.377 e. The molecule has 0 saturated carbocycles. The molecule has 8 nitrogen and oxygen atoms in total. The van der Waals surface area contributed by atoms with Crippen LogP contribution in [0, 0.1) is 6.92 Å². The number of anilines is 1. The topological polar surface area (TPSA) is 94.2 Å². The van der Waals surface area contributed by atoms with E-state index in [1.807, 2.05) is 6.92 Å². The van der Waals surface area contributed by atoms with Gasteiger partial charge in [-0.05, 0) is 31.5 Å². The number of hydrogen-bond donors (Lipinski definition) is 1. The number of ether oxygens (including phenoxy) is 3. The summed E-state index contributed by atoms with van der Waals surface area (Å²) in [6, 6.07) is 5.14. The van der Waals surface area contributed by atoms with Gasteiger partial charge >= 0.3 is 5.97 Å². The third-order valence-electron chi connectivity index (χ3n) is 3.72. The number of halogens is 1. The number of esters is 1. The van der Waals surface area contributed by atoms with Crippen LogP contribution in [-0.4, -0.2) is 55.6 Å². The van der Waals surface area contributed by atoms with Gasteiger partial charge in [0.05, 0.1) is 6.54 Å². The van der Waals surface area contributed by atoms with E-state index < -0.39 is 18.5 Å². The van der Waals surface area contributed by atoms with Crippen LogP contribution in [0.25, 0.3) is 0 Å². The summed E-state index contributed by atoms with van der Waals surface area (Å²) < 4.78 is 14.9. The third-order valence-corrected chi connectivity index (χ3v) is 3.95. The van der Waals surface area contributed by atoms with Gasteiger partial charge < -0.3 is 24.4 Å². The van der Waals surface area contributed by atoms with Gasteiger partial charge in [-0.15, -0.1) is 0 Å². The van der Waals surface area contributed by atoms with Crippen LogP contribution in [0.1, 0.15) is 12.5 Å². The van der Waals surface area contributed by atoms with Crippen LogP contribution in [0.3, 0.4) is 0 Å². The summed E-state index contributed by atoms with van der Waals surface area (Å²) in [7, 11) is 0. The molecule has 27 heavy (non-hydrogen) atoms. The minimum Gasteiger partial charge on any atom is -0.493 e. The van der Waals surface area contributed by atoms with Crippen LogP contribution >= 0.6 is 11.6 Å². The van der Waals surface area contributed by atoms with E-state index in [4.69, 9.17) is 25.8 Å². The Kier molecular flexibility index (Phi) is 7.48. The first-order valence-electron chi connectivity index (χ1n) is 8.36. The Hall–Kier alpha value is -2.74. The molecule has 0 radical (unpaired) electrons. The molecule has 0 fully saturated rings. The number of nitrogens with one attached hydrogen (secondary N) is 1. The first kappa shape index (κ1) is 20.6. The van der Waals surface area contributed by atoms with Crippen molar-refractivity contribution in [3.8, 4) is 0 Å². The Balaban J connectivity index is 1.86. The summed E-state index contributed by atoms with van der Waals surface area (Å²) in [6.07, 6.45) is 1.15. The molecule has 1 aromatic carbocycles. The lowest BCUT2D eigenvalue weighted by molar-refractivity contribution is -0.152. The lowest BCUT2D eigenvalue weighted by atomic mass is 10.2. The third kappa shape index (κ3) is 6.18. The normalized spacial score (nSPS) is 12.9. The lowest BCUT2D eigenvalue weighted by Gasteiger charge is -2.21. The minimum atomic E-state index is -0.793. The Morgan fingerprint density at radius 3 is 2.74 bits per heavy atom. The van der Waals surface area contributed by atoms with Crippen molar-refractivity contribution in [2.24, 2.45) is 0 Å². The molecular formula is C18H21ClN2O6. The van der Waals surface area contributed by atoms with E-state index in [0.29, 0.717) is 17.3 Å². The zero-order valence-electron chi connectivity index (χ0n) is 15.1. The standard InChI is InChI=1S/C18H21ClN2O6/c1-3-21(9-16(22)20-14-8-13(19)5-4-12(14)2)17(23)11-27-18(24)15-10-25-6-7-26-15/h4-5,8,10H,3,6-7,9,11H2,1-2H3,(H,20,22). The molecule has 1 aliphatic rings. The average molecular weight is 397 g/mol. The van der Waals surface area contributed by atoms with Gasteiger partial charge in [0, 0.05) is 17.3 Å². The van der Waals surface area contributed by atoms with Gasteiger partial charge in [0.15, 0.2) is 6.61 Å². The molecule has 2 rings (SSSR count). The SMILES string of the molecule is CCN(CC(=O)Nc1cc(Cl)ccc1C)C(=O)COC(=O)C1=COCCO1. The van der Waals surface area contributed by atoms with Gasteiger partial charge in [-0.1, -0.05) is 17.7 Å². The predicted molar refractivity (Wildman–Crippen MR) is 98.0 cm³/mol. The molecule has 9 heteroatoms. The predicted octanol–water partition coefficient (Wildman–Crippen LogP) is 1.87. The van der Waals surface area contributed by atoms with Crippen molar-refractivity contribution in [2.45, 2.75) is 13.8 Å². The number of aryl methyl sites for hydroxylation is 1. The molecule has 0 aromatic heterocycles. The summed E-state index contributed by atoms with van der Waals surface area (Å²) in [5, 5.41) is 3.21. The van der Waals surface area contributed by atoms with Crippen molar-refractivity contribution in [3.05, 3.63) is 40.8 Å². The second-order valence-electron chi connectivity index (χ2n) is 5.69. The summed E-state index contributed by atoms with van der Waals surface area (Å²) >= 11 is 5.93. The molecule has 0 spiro atoms. The Labute approximate surface area is 162 Å². The number of amides is 2. The fraction of sp³-hybridized carbons (Fsp3) is 0.389. The molecule has 0 unspecified atom stereocenters. The second-order valence-corrected chi connectivity index (χ2v) is 6.13. The van der Waals surface area contributed by atoms with Crippen molar-refractivity contribution in [3.63, 3.8) is 0 Å². The number of likely N-dealkylation sites (N-methyl/N-ethyl adjacent to an activating group) is 1. The van der Waals surface area contributed by atoms with Crippen molar-refractivity contribution in [1.82, 2.24) is 4.90 Å². The first-order valence-corrected chi connectivity index (χ1v) is 8.74. The highest BCUT2D eigenvalue weighted by molar-refractivity contribution is 6.31. The molecule has 1 aliphatic heterocycles. The molecule has 1 N–H and O–H groups in total. The molecule has 1 heterocycles. The average Bonchev–Trinajstić information content (AvgIpc) is 2.67. The molecule has 0 saturated heterocycles. The van der Waals surface area contributed by atoms with Gasteiger partial charge in [-0.2, -0.15) is 0 Å². The Bertz CT molecular complexity index is 749. The maximum atomic E-state index is 12.2. The van der Waals surface area contributed by atoms with Crippen LogP contribution in [0.5, 0.6) is 0 Å². The molecule has 0 bridgehead atoms. The zero-order chi connectivity index (χ0) is 19.8. The van der Waals surface area contributed by atoms with E-state index in [9.17, 15) is 14.4 Å². The summed E-state index contributed by atoms with van der Waals surface area (Å²) in [6.45, 7) is 3.73. The summed E-state index contributed by atoms with van der Waals surface area (Å²) in [5.41, 5.74) is 1.42. The molecule has 0 atom stereocenters. The van der Waals surface area contributed by atoms with Crippen molar-refractivity contribution < 1.29 is 28.6 Å². The number of rotatable bonds is 7. The molecule has 2 amide bonds. The molecular weight excluding hydrogens is 376 g/mol. The number of benzene rings is 1. The number of nitrogens with zero attached hydrogens (tertiary/aromatic N) is 1. The van der Waals surface area contributed by atoms with Crippen LogP contribution in [0.15, 0.2) is 30.2 Å². The van der Waals surface area contributed by atoms with Crippen LogP contribution in [0.4, 0.5) is 5.69 Å². The van der Waals surface area contributed by atoms with E-state index in [1.165, 1.54) is 4.90 Å². The van der Waals surface area contributed by atoms with E-state index in [-0.39, 0.29) is 31.4 Å². The van der Waals surface area contributed by atoms with Gasteiger partial charge in [0.1, 0.15) is 19.5 Å². The maximum Gasteiger partial charge on any atom is 0.377 e. The fourth-order valence-electron chi connectivity index (χ4n) is 2.23. The lowest BCUT2D eigenvalue weighted by Crippen LogP contribution is -2.40. The molecule has 1 aromatic rings. The van der Waals surface area contributed by atoms with Gasteiger partial charge in [-0.25, -0.2) is 4.79 Å². The Morgan fingerprint density at radius 2 is 2.07 bits per heavy atom. The van der Waals surface area contributed by atoms with E-state index in [1.54, 1.807) is 25.1 Å². The van der Waals surface area contributed by atoms with Gasteiger partial charge in [0.25, 0.3) is 5.91 Å². The number of hydrogen-bond acceptors (Lipinski definition) is 6. The quantitative estimate of drug-likeness (QED) is 0.707. The minimum absolute atomic E-state index is 0.0914. The summed E-state index contributed by atoms with van der Waals surface area (Å²) in [5.74, 6) is -1.76. The first-order chi connectivity index (χ1) is 12.9. The highest BCUT2D eigenvalue weighted by Gasteiger charge is 2.21. The van der Waals surface area contributed by atoms with Crippen molar-refractivity contribution in [2.75, 3.05) is 38.2 Å². The molecule has 0 aliphatic carbocycles. The van der Waals surface area contributed by atoms with E-state index >= 15 is 0 Å². The van der Waals surface area contributed by atoms with E-state index in [2.05, 4.69) is 5.32 Å². The monoisotopic (exact) mass is 396 g/mol. The summed E-state index contributed by atoms with van der Waals surface area (Å²) in [4.78, 5) is 37.5. The number of carbonyl (C=O) groups excluding carboxylic acids is 3. The van der Waals surface area contributed by atoms with E-state index in [0.717, 1.165) is 11.8 Å². The Morgan fingerprint density at radius 1 is 1.30 bits per heavy atom. The number of carbonyl (C=O) groups is 3. The largest absolute Gasteiger partial charge is 0.493 e. The van der Waals surface area contributed by atoms with Gasteiger partial charge in [-0.3, -0.25) is 9.59 Å². The van der Waals surface area contributed by atoms with Crippen LogP contribution in [0.2, 0.25) is 5.02 Å². The zero-order valence-corrected chi connectivity index (χ0v) is 15.9. The van der Waals surface area contributed by atoms with Crippen LogP contribution < -0.4 is 5.32 Å². The molecule has 146 valence electrons. The van der Waals surface area contributed by atoms with Crippen molar-refractivity contribution in [1.29, 1.82) is 0 Å². The second kappa shape index (κ2) is 9.82.